The minimum absolute atomic E-state index is 0.329. The molecule has 3 rings (SSSR count). The summed E-state index contributed by atoms with van der Waals surface area (Å²) in [5.74, 6) is 0.0244. The summed E-state index contributed by atoms with van der Waals surface area (Å²) in [7, 11) is -2.25. The van der Waals surface area contributed by atoms with Gasteiger partial charge in [0.2, 0.25) is 15.9 Å². The minimum Gasteiger partial charge on any atom is -0.495 e. The molecule has 1 N–H and O–H groups in total. The van der Waals surface area contributed by atoms with Crippen molar-refractivity contribution in [1.29, 1.82) is 0 Å². The van der Waals surface area contributed by atoms with Crippen LogP contribution in [-0.4, -0.2) is 51.7 Å². The van der Waals surface area contributed by atoms with Crippen molar-refractivity contribution in [3.8, 4) is 5.75 Å². The van der Waals surface area contributed by atoms with Crippen molar-refractivity contribution in [2.45, 2.75) is 52.2 Å². The number of likely N-dealkylation sites (tertiary alicyclic amines) is 1. The molecule has 1 aliphatic heterocycles. The number of carbonyl (C=O) groups is 1. The fourth-order valence-corrected chi connectivity index (χ4v) is 5.40. The van der Waals surface area contributed by atoms with E-state index in [1.54, 1.807) is 19.1 Å². The second kappa shape index (κ2) is 11.0. The van der Waals surface area contributed by atoms with E-state index in [9.17, 15) is 13.2 Å². The molecule has 1 atom stereocenters. The summed E-state index contributed by atoms with van der Waals surface area (Å²) in [4.78, 5) is 15.4. The molecule has 1 heterocycles. The van der Waals surface area contributed by atoms with E-state index in [1.165, 1.54) is 31.9 Å². The predicted octanol–water partition coefficient (Wildman–Crippen LogP) is 3.46. The maximum atomic E-state index is 12.9. The molecule has 1 fully saturated rings. The number of methoxy groups -OCH3 is 1. The molecule has 0 saturated carbocycles. The van der Waals surface area contributed by atoms with Crippen LogP contribution in [0.25, 0.3) is 0 Å². The molecule has 1 saturated heterocycles. The zero-order chi connectivity index (χ0) is 24.0. The molecule has 2 aromatic rings. The van der Waals surface area contributed by atoms with E-state index in [0.29, 0.717) is 18.0 Å². The highest BCUT2D eigenvalue weighted by molar-refractivity contribution is 7.92. The van der Waals surface area contributed by atoms with Crippen LogP contribution in [0.4, 0.5) is 5.69 Å². The lowest BCUT2D eigenvalue weighted by Crippen LogP contribution is -2.47. The summed E-state index contributed by atoms with van der Waals surface area (Å²) in [6.07, 6.45) is 4.95. The Morgan fingerprint density at radius 3 is 2.33 bits per heavy atom. The van der Waals surface area contributed by atoms with Crippen LogP contribution in [0.3, 0.4) is 0 Å². The Hall–Kier alpha value is -2.58. The summed E-state index contributed by atoms with van der Waals surface area (Å²) in [6.45, 7) is 7.03. The molecule has 7 nitrogen and oxygen atoms in total. The molecule has 180 valence electrons. The first-order chi connectivity index (χ1) is 15.7. The average molecular weight is 474 g/mol. The zero-order valence-electron chi connectivity index (χ0n) is 20.0. The third-order valence-corrected chi connectivity index (χ3v) is 7.23. The van der Waals surface area contributed by atoms with Crippen LogP contribution in [0.1, 0.15) is 42.9 Å². The first-order valence-electron chi connectivity index (χ1n) is 11.4. The van der Waals surface area contributed by atoms with Gasteiger partial charge in [-0.05, 0) is 68.6 Å². The summed E-state index contributed by atoms with van der Waals surface area (Å²) in [5.41, 5.74) is 3.45. The second-order valence-corrected chi connectivity index (χ2v) is 10.6. The van der Waals surface area contributed by atoms with Crippen molar-refractivity contribution in [1.82, 2.24) is 10.2 Å². The maximum Gasteiger partial charge on any atom is 0.243 e. The van der Waals surface area contributed by atoms with Gasteiger partial charge in [0, 0.05) is 13.1 Å². The molecule has 2 aromatic carbocycles. The summed E-state index contributed by atoms with van der Waals surface area (Å²) in [6, 6.07) is 12.5. The molecule has 33 heavy (non-hydrogen) atoms. The summed E-state index contributed by atoms with van der Waals surface area (Å²) >= 11 is 0. The Bertz CT molecular complexity index is 1050. The maximum absolute atomic E-state index is 12.9. The number of nitrogens with zero attached hydrogens (tertiary/aromatic N) is 2. The monoisotopic (exact) mass is 473 g/mol. The molecule has 0 spiro atoms. The van der Waals surface area contributed by atoms with Gasteiger partial charge in [-0.3, -0.25) is 14.0 Å². The van der Waals surface area contributed by atoms with E-state index in [1.807, 2.05) is 25.1 Å². The molecule has 1 unspecified atom stereocenters. The molecule has 1 aliphatic rings. The Morgan fingerprint density at radius 1 is 1.09 bits per heavy atom. The van der Waals surface area contributed by atoms with Crippen LogP contribution in [0.2, 0.25) is 0 Å². The smallest absolute Gasteiger partial charge is 0.243 e. The van der Waals surface area contributed by atoms with Crippen molar-refractivity contribution in [3.05, 3.63) is 59.2 Å². The minimum atomic E-state index is -3.73. The van der Waals surface area contributed by atoms with Crippen molar-refractivity contribution < 1.29 is 17.9 Å². The number of nitrogens with one attached hydrogen (secondary N) is 1. The van der Waals surface area contributed by atoms with Gasteiger partial charge in [0.05, 0.1) is 19.1 Å². The lowest BCUT2D eigenvalue weighted by molar-refractivity contribution is -0.122. The number of sulfonamides is 1. The first kappa shape index (κ1) is 25.1. The SMILES string of the molecule is COc1ccc(C)cc1N(C(C)C(=O)NCc1ccc(CN2CCCCC2)cc1)S(C)(=O)=O. The number of aryl methyl sites for hydroxylation is 1. The standard InChI is InChI=1S/C25H35N3O4S/c1-19-8-13-24(32-3)23(16-19)28(33(4,30)31)20(2)25(29)26-17-21-9-11-22(12-10-21)18-27-14-6-5-7-15-27/h8-13,16,20H,5-7,14-15,17-18H2,1-4H3,(H,26,29). The lowest BCUT2D eigenvalue weighted by atomic mass is 10.1. The number of anilines is 1. The molecular formula is C25H35N3O4S. The molecule has 1 amide bonds. The average Bonchev–Trinajstić information content (AvgIpc) is 2.78. The van der Waals surface area contributed by atoms with Gasteiger partial charge >= 0.3 is 0 Å². The molecule has 8 heteroatoms. The van der Waals surface area contributed by atoms with Gasteiger partial charge in [-0.25, -0.2) is 8.42 Å². The van der Waals surface area contributed by atoms with Crippen molar-refractivity contribution in [3.63, 3.8) is 0 Å². The first-order valence-corrected chi connectivity index (χ1v) is 13.3. The molecule has 0 bridgehead atoms. The number of piperidine rings is 1. The topological polar surface area (TPSA) is 79.0 Å². The third-order valence-electron chi connectivity index (χ3n) is 6.00. The highest BCUT2D eigenvalue weighted by Crippen LogP contribution is 2.32. The lowest BCUT2D eigenvalue weighted by Gasteiger charge is -2.29. The van der Waals surface area contributed by atoms with Gasteiger partial charge in [-0.15, -0.1) is 0 Å². The normalized spacial score (nSPS) is 15.6. The van der Waals surface area contributed by atoms with E-state index in [-0.39, 0.29) is 5.91 Å². The number of carbonyl (C=O) groups excluding carboxylic acids is 1. The van der Waals surface area contributed by atoms with Gasteiger partial charge in [0.15, 0.2) is 0 Å². The summed E-state index contributed by atoms with van der Waals surface area (Å²) in [5, 5.41) is 2.88. The van der Waals surface area contributed by atoms with Crippen LogP contribution in [0.5, 0.6) is 5.75 Å². The zero-order valence-corrected chi connectivity index (χ0v) is 20.8. The van der Waals surface area contributed by atoms with Crippen LogP contribution in [0.15, 0.2) is 42.5 Å². The number of benzene rings is 2. The quantitative estimate of drug-likeness (QED) is 0.603. The van der Waals surface area contributed by atoms with Gasteiger partial charge in [-0.1, -0.05) is 36.8 Å². The highest BCUT2D eigenvalue weighted by Gasteiger charge is 2.31. The van der Waals surface area contributed by atoms with Crippen LogP contribution in [-0.2, 0) is 27.9 Å². The Labute approximate surface area is 197 Å². The van der Waals surface area contributed by atoms with E-state index < -0.39 is 16.1 Å². The Morgan fingerprint density at radius 2 is 1.73 bits per heavy atom. The fraction of sp³-hybridized carbons (Fsp3) is 0.480. The Kier molecular flexibility index (Phi) is 8.37. The van der Waals surface area contributed by atoms with Crippen LogP contribution >= 0.6 is 0 Å². The van der Waals surface area contributed by atoms with E-state index >= 15 is 0 Å². The molecule has 0 aromatic heterocycles. The van der Waals surface area contributed by atoms with Crippen LogP contribution in [0, 0.1) is 6.92 Å². The van der Waals surface area contributed by atoms with Gasteiger partial charge in [0.1, 0.15) is 11.8 Å². The largest absolute Gasteiger partial charge is 0.495 e. The summed E-state index contributed by atoms with van der Waals surface area (Å²) < 4.78 is 31.7. The molecular weight excluding hydrogens is 438 g/mol. The number of hydrogen-bond acceptors (Lipinski definition) is 5. The van der Waals surface area contributed by atoms with Crippen molar-refractivity contribution in [2.75, 3.05) is 30.8 Å². The fourth-order valence-electron chi connectivity index (χ4n) is 4.23. The van der Waals surface area contributed by atoms with E-state index in [0.717, 1.165) is 41.3 Å². The molecule has 0 aliphatic carbocycles. The van der Waals surface area contributed by atoms with E-state index in [2.05, 4.69) is 22.3 Å². The van der Waals surface area contributed by atoms with Crippen molar-refractivity contribution >= 4 is 21.6 Å². The van der Waals surface area contributed by atoms with Gasteiger partial charge in [0.25, 0.3) is 0 Å². The second-order valence-electron chi connectivity index (χ2n) is 8.78. The Balaban J connectivity index is 1.66. The highest BCUT2D eigenvalue weighted by atomic mass is 32.2. The predicted molar refractivity (Wildman–Crippen MR) is 132 cm³/mol. The number of rotatable bonds is 9. The third kappa shape index (κ3) is 6.71. The number of ether oxygens (including phenoxy) is 1. The van der Waals surface area contributed by atoms with Gasteiger partial charge in [-0.2, -0.15) is 0 Å². The van der Waals surface area contributed by atoms with E-state index in [4.69, 9.17) is 4.74 Å². The number of amides is 1. The van der Waals surface area contributed by atoms with Crippen LogP contribution < -0.4 is 14.4 Å². The molecule has 0 radical (unpaired) electrons. The number of hydrogen-bond donors (Lipinski definition) is 1. The van der Waals surface area contributed by atoms with Crippen molar-refractivity contribution in [2.24, 2.45) is 0 Å². The van der Waals surface area contributed by atoms with Gasteiger partial charge < -0.3 is 10.1 Å².